The molecular weight excluding hydrogens is 424 g/mol. The molecule has 182 valence electrons. The molecule has 2 amide bonds. The SMILES string of the molecule is CN(CCCCCc1cc(-c2ccccc2)n[nH]1)C(=O)CNC(=O)C12CC3CC(CC(C3)C1)C2. The van der Waals surface area contributed by atoms with Gasteiger partial charge in [-0.05, 0) is 81.6 Å². The van der Waals surface area contributed by atoms with Gasteiger partial charge in [0.1, 0.15) is 0 Å². The van der Waals surface area contributed by atoms with Crippen LogP contribution in [-0.2, 0) is 16.0 Å². The molecule has 1 aromatic carbocycles. The van der Waals surface area contributed by atoms with Gasteiger partial charge in [0, 0.05) is 30.3 Å². The number of aromatic amines is 1. The number of H-pyrrole nitrogens is 1. The van der Waals surface area contributed by atoms with Crippen molar-refractivity contribution in [1.29, 1.82) is 0 Å². The van der Waals surface area contributed by atoms with Crippen LogP contribution in [0.15, 0.2) is 36.4 Å². The molecule has 0 atom stereocenters. The van der Waals surface area contributed by atoms with Gasteiger partial charge in [-0.15, -0.1) is 0 Å². The lowest BCUT2D eigenvalue weighted by molar-refractivity contribution is -0.147. The number of rotatable bonds is 10. The molecule has 2 aromatic rings. The number of unbranched alkanes of at least 4 members (excludes halogenated alkanes) is 2. The van der Waals surface area contributed by atoms with Gasteiger partial charge in [-0.1, -0.05) is 36.8 Å². The van der Waals surface area contributed by atoms with Crippen LogP contribution in [0.4, 0.5) is 0 Å². The molecule has 6 heteroatoms. The molecule has 0 radical (unpaired) electrons. The van der Waals surface area contributed by atoms with Gasteiger partial charge < -0.3 is 10.2 Å². The quantitative estimate of drug-likeness (QED) is 0.507. The Morgan fingerprint density at radius 1 is 1.03 bits per heavy atom. The zero-order chi connectivity index (χ0) is 23.5. The lowest BCUT2D eigenvalue weighted by Gasteiger charge is -2.55. The Bertz CT molecular complexity index is 964. The number of nitrogens with one attached hydrogen (secondary N) is 2. The van der Waals surface area contributed by atoms with Crippen molar-refractivity contribution in [3.05, 3.63) is 42.1 Å². The van der Waals surface area contributed by atoms with Crippen LogP contribution in [0.5, 0.6) is 0 Å². The number of carbonyl (C=O) groups is 2. The van der Waals surface area contributed by atoms with E-state index in [0.29, 0.717) is 0 Å². The van der Waals surface area contributed by atoms with Crippen molar-refractivity contribution in [3.8, 4) is 11.3 Å². The molecule has 0 saturated heterocycles. The van der Waals surface area contributed by atoms with Gasteiger partial charge in [0.2, 0.25) is 11.8 Å². The van der Waals surface area contributed by atoms with E-state index in [1.165, 1.54) is 19.3 Å². The number of benzene rings is 1. The molecule has 4 aliphatic rings. The Kier molecular flexibility index (Phi) is 6.75. The minimum absolute atomic E-state index is 0.0131. The predicted molar refractivity (Wildman–Crippen MR) is 133 cm³/mol. The first-order valence-corrected chi connectivity index (χ1v) is 13.1. The largest absolute Gasteiger partial charge is 0.347 e. The van der Waals surface area contributed by atoms with Crippen LogP contribution in [0.2, 0.25) is 0 Å². The molecule has 34 heavy (non-hydrogen) atoms. The lowest BCUT2D eigenvalue weighted by atomic mass is 9.49. The van der Waals surface area contributed by atoms with Gasteiger partial charge in [-0.25, -0.2) is 0 Å². The summed E-state index contributed by atoms with van der Waals surface area (Å²) in [5, 5.41) is 10.6. The summed E-state index contributed by atoms with van der Waals surface area (Å²) in [6.45, 7) is 0.859. The topological polar surface area (TPSA) is 78.1 Å². The summed E-state index contributed by atoms with van der Waals surface area (Å²) in [4.78, 5) is 27.4. The summed E-state index contributed by atoms with van der Waals surface area (Å²) in [6.07, 6.45) is 11.1. The van der Waals surface area contributed by atoms with E-state index in [1.807, 2.05) is 25.2 Å². The second-order valence-electron chi connectivity index (χ2n) is 11.2. The Morgan fingerprint density at radius 3 is 2.38 bits per heavy atom. The highest BCUT2D eigenvalue weighted by Crippen LogP contribution is 2.60. The average molecular weight is 463 g/mol. The Morgan fingerprint density at radius 2 is 1.71 bits per heavy atom. The molecule has 6 rings (SSSR count). The average Bonchev–Trinajstić information content (AvgIpc) is 3.30. The number of nitrogens with zero attached hydrogens (tertiary/aromatic N) is 2. The zero-order valence-electron chi connectivity index (χ0n) is 20.4. The van der Waals surface area contributed by atoms with Crippen LogP contribution in [0, 0.1) is 23.2 Å². The molecule has 1 heterocycles. The van der Waals surface area contributed by atoms with E-state index in [0.717, 1.165) is 86.2 Å². The summed E-state index contributed by atoms with van der Waals surface area (Å²) in [7, 11) is 1.85. The summed E-state index contributed by atoms with van der Waals surface area (Å²) < 4.78 is 0. The molecule has 1 aromatic heterocycles. The van der Waals surface area contributed by atoms with Gasteiger partial charge in [-0.2, -0.15) is 5.10 Å². The molecule has 4 fully saturated rings. The van der Waals surface area contributed by atoms with Crippen LogP contribution < -0.4 is 5.32 Å². The van der Waals surface area contributed by atoms with Gasteiger partial charge >= 0.3 is 0 Å². The fourth-order valence-corrected chi connectivity index (χ4v) is 7.08. The maximum atomic E-state index is 13.1. The fraction of sp³-hybridized carbons (Fsp3) is 0.607. The molecule has 0 aliphatic heterocycles. The molecule has 6 nitrogen and oxygen atoms in total. The second kappa shape index (κ2) is 9.93. The molecule has 0 unspecified atom stereocenters. The third kappa shape index (κ3) is 5.06. The fourth-order valence-electron chi connectivity index (χ4n) is 7.08. The van der Waals surface area contributed by atoms with Gasteiger partial charge in [-0.3, -0.25) is 14.7 Å². The second-order valence-corrected chi connectivity index (χ2v) is 11.2. The molecule has 4 aliphatic carbocycles. The summed E-state index contributed by atoms with van der Waals surface area (Å²) >= 11 is 0. The highest BCUT2D eigenvalue weighted by atomic mass is 16.2. The highest BCUT2D eigenvalue weighted by Gasteiger charge is 2.54. The zero-order valence-corrected chi connectivity index (χ0v) is 20.4. The van der Waals surface area contributed by atoms with Crippen molar-refractivity contribution in [2.45, 2.75) is 64.2 Å². The van der Waals surface area contributed by atoms with E-state index < -0.39 is 0 Å². The molecule has 4 saturated carbocycles. The van der Waals surface area contributed by atoms with Crippen molar-refractivity contribution in [2.75, 3.05) is 20.1 Å². The van der Waals surface area contributed by atoms with Crippen molar-refractivity contribution < 1.29 is 9.59 Å². The maximum absolute atomic E-state index is 13.1. The van der Waals surface area contributed by atoms with Gasteiger partial charge in [0.15, 0.2) is 0 Å². The number of likely N-dealkylation sites (N-methyl/N-ethyl adjacent to an activating group) is 1. The number of hydrogen-bond donors (Lipinski definition) is 2. The Hall–Kier alpha value is -2.63. The normalized spacial score (nSPS) is 27.0. The molecule has 2 N–H and O–H groups in total. The van der Waals surface area contributed by atoms with E-state index in [4.69, 9.17) is 0 Å². The number of hydrogen-bond acceptors (Lipinski definition) is 3. The third-order valence-corrected chi connectivity index (χ3v) is 8.49. The van der Waals surface area contributed by atoms with E-state index in [9.17, 15) is 9.59 Å². The van der Waals surface area contributed by atoms with Crippen molar-refractivity contribution in [1.82, 2.24) is 20.4 Å². The van der Waals surface area contributed by atoms with Crippen LogP contribution in [0.25, 0.3) is 11.3 Å². The van der Waals surface area contributed by atoms with Crippen LogP contribution in [-0.4, -0.2) is 47.0 Å². The number of amides is 2. The lowest BCUT2D eigenvalue weighted by Crippen LogP contribution is -2.54. The van der Waals surface area contributed by atoms with E-state index in [-0.39, 0.29) is 23.8 Å². The molecule has 0 spiro atoms. The van der Waals surface area contributed by atoms with E-state index in [2.05, 4.69) is 33.7 Å². The van der Waals surface area contributed by atoms with E-state index >= 15 is 0 Å². The Labute approximate surface area is 202 Å². The van der Waals surface area contributed by atoms with Crippen LogP contribution >= 0.6 is 0 Å². The monoisotopic (exact) mass is 462 g/mol. The number of aromatic nitrogens is 2. The van der Waals surface area contributed by atoms with Crippen LogP contribution in [0.3, 0.4) is 0 Å². The van der Waals surface area contributed by atoms with Crippen molar-refractivity contribution in [2.24, 2.45) is 23.2 Å². The first kappa shape index (κ1) is 23.1. The van der Waals surface area contributed by atoms with Gasteiger partial charge in [0.25, 0.3) is 0 Å². The minimum atomic E-state index is -0.180. The molecule has 4 bridgehead atoms. The van der Waals surface area contributed by atoms with Crippen molar-refractivity contribution >= 4 is 11.8 Å². The number of aryl methyl sites for hydroxylation is 1. The minimum Gasteiger partial charge on any atom is -0.347 e. The van der Waals surface area contributed by atoms with Crippen LogP contribution in [0.1, 0.15) is 63.5 Å². The first-order chi connectivity index (χ1) is 16.5. The standard InChI is InChI=1S/C28H38N4O2/c1-32(11-7-3-6-10-24-15-25(31-30-24)23-8-4-2-5-9-23)26(33)19-29-27(34)28-16-20-12-21(17-28)14-22(13-20)18-28/h2,4-5,8-9,15,20-22H,3,6-7,10-14,16-19H2,1H3,(H,29,34)(H,30,31). The Balaban J connectivity index is 0.990. The highest BCUT2D eigenvalue weighted by molar-refractivity contribution is 5.88. The van der Waals surface area contributed by atoms with Gasteiger partial charge in [0.05, 0.1) is 12.2 Å². The maximum Gasteiger partial charge on any atom is 0.241 e. The van der Waals surface area contributed by atoms with Crippen molar-refractivity contribution in [3.63, 3.8) is 0 Å². The third-order valence-electron chi connectivity index (χ3n) is 8.49. The summed E-state index contributed by atoms with van der Waals surface area (Å²) in [6, 6.07) is 12.3. The summed E-state index contributed by atoms with van der Waals surface area (Å²) in [5.41, 5.74) is 3.08. The smallest absolute Gasteiger partial charge is 0.241 e. The first-order valence-electron chi connectivity index (χ1n) is 13.1. The summed E-state index contributed by atoms with van der Waals surface area (Å²) in [5.74, 6) is 2.37. The predicted octanol–water partition coefficient (Wildman–Crippen LogP) is 4.58. The number of carbonyl (C=O) groups excluding carboxylic acids is 2. The van der Waals surface area contributed by atoms with E-state index in [1.54, 1.807) is 4.90 Å². The molecular formula is C28H38N4O2.